The first-order valence-corrected chi connectivity index (χ1v) is 11.9. The summed E-state index contributed by atoms with van der Waals surface area (Å²) >= 11 is 1.28. The molecule has 2 aromatic carbocycles. The number of hydrogen-bond donors (Lipinski definition) is 2. The first-order valence-electron chi connectivity index (χ1n) is 10.9. The van der Waals surface area contributed by atoms with Crippen molar-refractivity contribution < 1.29 is 19.1 Å². The van der Waals surface area contributed by atoms with Crippen molar-refractivity contribution >= 4 is 35.3 Å². The number of aromatic nitrogens is 3. The van der Waals surface area contributed by atoms with Gasteiger partial charge in [-0.1, -0.05) is 35.5 Å². The quantitative estimate of drug-likeness (QED) is 0.327. The van der Waals surface area contributed by atoms with Crippen LogP contribution in [0.3, 0.4) is 0 Å². The van der Waals surface area contributed by atoms with Gasteiger partial charge >= 0.3 is 0 Å². The van der Waals surface area contributed by atoms with E-state index in [-0.39, 0.29) is 24.1 Å². The number of carbonyl (C=O) groups excluding carboxylic acids is 2. The molecule has 0 spiro atoms. The average molecular weight is 496 g/mol. The predicted molar refractivity (Wildman–Crippen MR) is 137 cm³/mol. The Balaban J connectivity index is 1.50. The maximum Gasteiger partial charge on any atom is 0.244 e. The van der Waals surface area contributed by atoms with E-state index in [9.17, 15) is 9.59 Å². The minimum absolute atomic E-state index is 0.125. The third kappa shape index (κ3) is 7.10. The van der Waals surface area contributed by atoms with E-state index in [0.717, 1.165) is 22.4 Å². The van der Waals surface area contributed by atoms with Crippen molar-refractivity contribution in [1.29, 1.82) is 0 Å². The number of nitrogens with one attached hydrogen (secondary N) is 2. The Morgan fingerprint density at radius 3 is 2.54 bits per heavy atom. The lowest BCUT2D eigenvalue weighted by Gasteiger charge is -2.09. The maximum absolute atomic E-state index is 12.4. The molecule has 35 heavy (non-hydrogen) atoms. The minimum Gasteiger partial charge on any atom is -0.493 e. The SMILES string of the molecule is COc1ccc(/C=C/C(=O)NCc2nnc(SCC(=O)Nc3ccc(C)cc3C)n2C)cc1OC. The predicted octanol–water partition coefficient (Wildman–Crippen LogP) is 3.51. The molecule has 0 unspecified atom stereocenters. The molecule has 184 valence electrons. The minimum atomic E-state index is -0.273. The molecule has 0 radical (unpaired) electrons. The first kappa shape index (κ1) is 25.8. The van der Waals surface area contributed by atoms with Crippen LogP contribution in [0, 0.1) is 13.8 Å². The summed E-state index contributed by atoms with van der Waals surface area (Å²) in [5, 5.41) is 14.6. The Hall–Kier alpha value is -3.79. The fourth-order valence-electron chi connectivity index (χ4n) is 3.25. The number of thioether (sulfide) groups is 1. The second-order valence-corrected chi connectivity index (χ2v) is 8.72. The highest BCUT2D eigenvalue weighted by atomic mass is 32.2. The van der Waals surface area contributed by atoms with Crippen molar-refractivity contribution in [3.63, 3.8) is 0 Å². The summed E-state index contributed by atoms with van der Waals surface area (Å²) in [5.74, 6) is 1.58. The molecule has 0 aliphatic rings. The van der Waals surface area contributed by atoms with Gasteiger partial charge in [0.2, 0.25) is 11.8 Å². The molecule has 0 fully saturated rings. The van der Waals surface area contributed by atoms with Crippen LogP contribution in [0.2, 0.25) is 0 Å². The van der Waals surface area contributed by atoms with Gasteiger partial charge in [0.25, 0.3) is 0 Å². The number of rotatable bonds is 10. The van der Waals surface area contributed by atoms with Crippen LogP contribution >= 0.6 is 11.8 Å². The first-order chi connectivity index (χ1) is 16.8. The highest BCUT2D eigenvalue weighted by Crippen LogP contribution is 2.28. The van der Waals surface area contributed by atoms with Gasteiger partial charge in [0, 0.05) is 18.8 Å². The van der Waals surface area contributed by atoms with Gasteiger partial charge in [0.1, 0.15) is 0 Å². The number of nitrogens with zero attached hydrogens (tertiary/aromatic N) is 3. The Morgan fingerprint density at radius 1 is 1.06 bits per heavy atom. The molecule has 0 aliphatic carbocycles. The molecule has 2 amide bonds. The number of benzene rings is 2. The molecular formula is C25H29N5O4S. The molecule has 0 bridgehead atoms. The number of methoxy groups -OCH3 is 2. The summed E-state index contributed by atoms with van der Waals surface area (Å²) in [6.07, 6.45) is 3.12. The van der Waals surface area contributed by atoms with Crippen molar-refractivity contribution in [3.05, 3.63) is 65.0 Å². The number of carbonyl (C=O) groups is 2. The Morgan fingerprint density at radius 2 is 1.83 bits per heavy atom. The van der Waals surface area contributed by atoms with Crippen LogP contribution < -0.4 is 20.1 Å². The fourth-order valence-corrected chi connectivity index (χ4v) is 3.98. The second-order valence-electron chi connectivity index (χ2n) is 7.78. The van der Waals surface area contributed by atoms with Gasteiger partial charge in [-0.15, -0.1) is 10.2 Å². The number of amides is 2. The number of hydrogen-bond acceptors (Lipinski definition) is 7. The highest BCUT2D eigenvalue weighted by Gasteiger charge is 2.13. The monoisotopic (exact) mass is 495 g/mol. The van der Waals surface area contributed by atoms with Crippen molar-refractivity contribution in [2.24, 2.45) is 7.05 Å². The normalized spacial score (nSPS) is 10.9. The smallest absolute Gasteiger partial charge is 0.244 e. The van der Waals surface area contributed by atoms with Crippen LogP contribution in [0.5, 0.6) is 11.5 Å². The van der Waals surface area contributed by atoms with E-state index in [1.807, 2.05) is 38.1 Å². The number of aryl methyl sites for hydroxylation is 2. The lowest BCUT2D eigenvalue weighted by Crippen LogP contribution is -2.22. The second kappa shape index (κ2) is 12.1. The van der Waals surface area contributed by atoms with E-state index in [0.29, 0.717) is 22.5 Å². The van der Waals surface area contributed by atoms with Crippen LogP contribution in [-0.2, 0) is 23.2 Å². The van der Waals surface area contributed by atoms with Gasteiger partial charge in [-0.2, -0.15) is 0 Å². The molecule has 1 heterocycles. The molecular weight excluding hydrogens is 466 g/mol. The number of anilines is 1. The third-order valence-electron chi connectivity index (χ3n) is 5.17. The molecule has 0 atom stereocenters. The molecule has 10 heteroatoms. The van der Waals surface area contributed by atoms with E-state index >= 15 is 0 Å². The Kier molecular flexibility index (Phi) is 8.91. The van der Waals surface area contributed by atoms with Gasteiger partial charge in [-0.3, -0.25) is 9.59 Å². The molecule has 3 rings (SSSR count). The summed E-state index contributed by atoms with van der Waals surface area (Å²) in [7, 11) is 4.92. The summed E-state index contributed by atoms with van der Waals surface area (Å²) in [6, 6.07) is 11.3. The lowest BCUT2D eigenvalue weighted by atomic mass is 10.1. The summed E-state index contributed by atoms with van der Waals surface area (Å²) in [5.41, 5.74) is 3.75. The average Bonchev–Trinajstić information content (AvgIpc) is 3.20. The standard InChI is InChI=1S/C25H29N5O4S/c1-16-6-9-19(17(2)12-16)27-24(32)15-35-25-29-28-22(30(25)3)14-26-23(31)11-8-18-7-10-20(33-4)21(13-18)34-5/h6-13H,14-15H2,1-5H3,(H,26,31)(H,27,32)/b11-8+. The zero-order chi connectivity index (χ0) is 25.4. The third-order valence-corrected chi connectivity index (χ3v) is 6.19. The summed E-state index contributed by atoms with van der Waals surface area (Å²) < 4.78 is 12.2. The van der Waals surface area contributed by atoms with Crippen molar-refractivity contribution in [2.75, 3.05) is 25.3 Å². The van der Waals surface area contributed by atoms with Gasteiger partial charge in [0.05, 0.1) is 26.5 Å². The summed E-state index contributed by atoms with van der Waals surface area (Å²) in [6.45, 7) is 4.17. The van der Waals surface area contributed by atoms with Crippen molar-refractivity contribution in [1.82, 2.24) is 20.1 Å². The zero-order valence-corrected chi connectivity index (χ0v) is 21.2. The van der Waals surface area contributed by atoms with Gasteiger partial charge in [0.15, 0.2) is 22.5 Å². The Bertz CT molecular complexity index is 1240. The van der Waals surface area contributed by atoms with Crippen LogP contribution in [0.4, 0.5) is 5.69 Å². The van der Waals surface area contributed by atoms with Crippen molar-refractivity contribution in [2.45, 2.75) is 25.5 Å². The fraction of sp³-hybridized carbons (Fsp3) is 0.280. The van der Waals surface area contributed by atoms with Crippen LogP contribution in [-0.4, -0.2) is 46.6 Å². The van der Waals surface area contributed by atoms with E-state index in [1.54, 1.807) is 44.0 Å². The largest absolute Gasteiger partial charge is 0.493 e. The van der Waals surface area contributed by atoms with Crippen molar-refractivity contribution in [3.8, 4) is 11.5 Å². The van der Waals surface area contributed by atoms with Crippen LogP contribution in [0.15, 0.2) is 47.6 Å². The summed E-state index contributed by atoms with van der Waals surface area (Å²) in [4.78, 5) is 24.6. The van der Waals surface area contributed by atoms with Crippen LogP contribution in [0.1, 0.15) is 22.5 Å². The molecule has 2 N–H and O–H groups in total. The van der Waals surface area contributed by atoms with Crippen LogP contribution in [0.25, 0.3) is 6.08 Å². The molecule has 3 aromatic rings. The molecule has 9 nitrogen and oxygen atoms in total. The van der Waals surface area contributed by atoms with Gasteiger partial charge in [-0.05, 0) is 49.2 Å². The Labute approximate surface area is 208 Å². The maximum atomic E-state index is 12.4. The molecule has 0 saturated heterocycles. The van der Waals surface area contributed by atoms with E-state index < -0.39 is 0 Å². The van der Waals surface area contributed by atoms with E-state index in [4.69, 9.17) is 9.47 Å². The molecule has 0 saturated carbocycles. The van der Waals surface area contributed by atoms with Gasteiger partial charge in [-0.25, -0.2) is 0 Å². The molecule has 0 aliphatic heterocycles. The zero-order valence-electron chi connectivity index (χ0n) is 20.4. The number of ether oxygens (including phenoxy) is 2. The highest BCUT2D eigenvalue weighted by molar-refractivity contribution is 7.99. The lowest BCUT2D eigenvalue weighted by molar-refractivity contribution is -0.116. The molecule has 1 aromatic heterocycles. The van der Waals surface area contributed by atoms with E-state index in [1.165, 1.54) is 17.8 Å². The van der Waals surface area contributed by atoms with Gasteiger partial charge < -0.3 is 24.7 Å². The topological polar surface area (TPSA) is 107 Å². The van der Waals surface area contributed by atoms with E-state index in [2.05, 4.69) is 20.8 Å².